The minimum atomic E-state index is -0.166. The van der Waals surface area contributed by atoms with Crippen LogP contribution in [-0.2, 0) is 6.61 Å². The molecule has 3 rings (SSSR count). The Labute approximate surface area is 132 Å². The maximum Gasteiger partial charge on any atom is 0.258 e. The highest BCUT2D eigenvalue weighted by atomic mass is 16.5. The van der Waals surface area contributed by atoms with Crippen LogP contribution in [0.25, 0.3) is 5.65 Å². The first-order valence-electron chi connectivity index (χ1n) is 6.89. The molecule has 0 spiro atoms. The average Bonchev–Trinajstić information content (AvgIpc) is 2.60. The summed E-state index contributed by atoms with van der Waals surface area (Å²) >= 11 is 0. The largest absolute Gasteiger partial charge is 0.493 e. The number of ether oxygens (including phenoxy) is 2. The predicted molar refractivity (Wildman–Crippen MR) is 83.5 cm³/mol. The number of nitriles is 1. The van der Waals surface area contributed by atoms with E-state index in [9.17, 15) is 4.79 Å². The zero-order valence-corrected chi connectivity index (χ0v) is 12.4. The minimum Gasteiger partial charge on any atom is -0.493 e. The number of pyridine rings is 1. The molecule has 3 aromatic rings. The van der Waals surface area contributed by atoms with E-state index in [1.807, 2.05) is 12.1 Å². The first kappa shape index (κ1) is 14.6. The zero-order chi connectivity index (χ0) is 16.2. The van der Waals surface area contributed by atoms with E-state index < -0.39 is 0 Å². The standard InChI is InChI=1S/C17H13N3O3/c1-22-15-8-12(10-18)5-6-14(15)23-11-13-9-17(21)20-7-3-2-4-16(20)19-13/h2-9H,11H2,1H3. The van der Waals surface area contributed by atoms with E-state index in [1.165, 1.54) is 17.6 Å². The number of methoxy groups -OCH3 is 1. The first-order valence-corrected chi connectivity index (χ1v) is 6.89. The first-order chi connectivity index (χ1) is 11.2. The predicted octanol–water partition coefficient (Wildman–Crippen LogP) is 2.15. The van der Waals surface area contributed by atoms with Gasteiger partial charge in [-0.05, 0) is 24.3 Å². The third kappa shape index (κ3) is 2.99. The molecule has 114 valence electrons. The molecule has 0 saturated carbocycles. The van der Waals surface area contributed by atoms with Crippen molar-refractivity contribution in [3.05, 3.63) is 70.3 Å². The highest BCUT2D eigenvalue weighted by molar-refractivity contribution is 5.46. The Bertz CT molecular complexity index is 957. The molecular formula is C17H13N3O3. The van der Waals surface area contributed by atoms with Crippen LogP contribution in [0.15, 0.2) is 53.5 Å². The lowest BCUT2D eigenvalue weighted by Crippen LogP contribution is -2.16. The third-order valence-corrected chi connectivity index (χ3v) is 3.29. The van der Waals surface area contributed by atoms with Gasteiger partial charge in [-0.25, -0.2) is 4.98 Å². The van der Waals surface area contributed by atoms with E-state index in [4.69, 9.17) is 14.7 Å². The molecule has 0 amide bonds. The molecule has 0 N–H and O–H groups in total. The van der Waals surface area contributed by atoms with Crippen LogP contribution in [0, 0.1) is 11.3 Å². The monoisotopic (exact) mass is 307 g/mol. The van der Waals surface area contributed by atoms with Crippen molar-refractivity contribution < 1.29 is 9.47 Å². The molecule has 0 atom stereocenters. The van der Waals surface area contributed by atoms with E-state index in [0.717, 1.165) is 0 Å². The summed E-state index contributed by atoms with van der Waals surface area (Å²) in [6, 6.07) is 13.7. The number of rotatable bonds is 4. The summed E-state index contributed by atoms with van der Waals surface area (Å²) in [6.45, 7) is 0.128. The zero-order valence-electron chi connectivity index (χ0n) is 12.4. The third-order valence-electron chi connectivity index (χ3n) is 3.29. The lowest BCUT2D eigenvalue weighted by Gasteiger charge is -2.10. The maximum atomic E-state index is 12.0. The van der Waals surface area contributed by atoms with Crippen LogP contribution in [0.3, 0.4) is 0 Å². The Morgan fingerprint density at radius 1 is 1.22 bits per heavy atom. The van der Waals surface area contributed by atoms with Crippen LogP contribution >= 0.6 is 0 Å². The molecule has 0 saturated heterocycles. The summed E-state index contributed by atoms with van der Waals surface area (Å²) in [5, 5.41) is 8.89. The molecule has 6 nitrogen and oxygen atoms in total. The van der Waals surface area contributed by atoms with Crippen molar-refractivity contribution in [3.8, 4) is 17.6 Å². The van der Waals surface area contributed by atoms with Crippen molar-refractivity contribution in [2.45, 2.75) is 6.61 Å². The van der Waals surface area contributed by atoms with Gasteiger partial charge in [0, 0.05) is 18.3 Å². The van der Waals surface area contributed by atoms with Crippen molar-refractivity contribution in [3.63, 3.8) is 0 Å². The van der Waals surface area contributed by atoms with Gasteiger partial charge in [-0.1, -0.05) is 6.07 Å². The normalized spacial score (nSPS) is 10.3. The summed E-state index contributed by atoms with van der Waals surface area (Å²) in [4.78, 5) is 16.4. The van der Waals surface area contributed by atoms with E-state index in [2.05, 4.69) is 4.98 Å². The lowest BCUT2D eigenvalue weighted by molar-refractivity contribution is 0.280. The number of benzene rings is 1. The van der Waals surface area contributed by atoms with Crippen LogP contribution in [0.1, 0.15) is 11.3 Å². The van der Waals surface area contributed by atoms with Crippen molar-refractivity contribution in [2.24, 2.45) is 0 Å². The highest BCUT2D eigenvalue weighted by Crippen LogP contribution is 2.28. The Hall–Kier alpha value is -3.33. The van der Waals surface area contributed by atoms with Crippen molar-refractivity contribution >= 4 is 5.65 Å². The van der Waals surface area contributed by atoms with Crippen LogP contribution in [0.5, 0.6) is 11.5 Å². The molecular weight excluding hydrogens is 294 g/mol. The Morgan fingerprint density at radius 2 is 2.09 bits per heavy atom. The van der Waals surface area contributed by atoms with Crippen molar-refractivity contribution in [2.75, 3.05) is 7.11 Å². The van der Waals surface area contributed by atoms with Gasteiger partial charge in [-0.3, -0.25) is 9.20 Å². The van der Waals surface area contributed by atoms with E-state index in [0.29, 0.717) is 28.4 Å². The Kier molecular flexibility index (Phi) is 3.93. The molecule has 23 heavy (non-hydrogen) atoms. The molecule has 0 unspecified atom stereocenters. The van der Waals surface area contributed by atoms with Gasteiger partial charge in [0.1, 0.15) is 12.3 Å². The van der Waals surface area contributed by atoms with Crippen molar-refractivity contribution in [1.82, 2.24) is 9.38 Å². The fourth-order valence-corrected chi connectivity index (χ4v) is 2.19. The van der Waals surface area contributed by atoms with Gasteiger partial charge in [0.05, 0.1) is 24.4 Å². The molecule has 0 aliphatic carbocycles. The maximum absolute atomic E-state index is 12.0. The molecule has 0 aliphatic rings. The van der Waals surface area contributed by atoms with Gasteiger partial charge in [0.25, 0.3) is 5.56 Å². The van der Waals surface area contributed by atoms with E-state index in [1.54, 1.807) is 36.5 Å². The number of nitrogens with zero attached hydrogens (tertiary/aromatic N) is 3. The summed E-state index contributed by atoms with van der Waals surface area (Å²) in [5.41, 5.74) is 1.40. The number of aromatic nitrogens is 2. The molecule has 0 bridgehead atoms. The number of hydrogen-bond donors (Lipinski definition) is 0. The average molecular weight is 307 g/mol. The second kappa shape index (κ2) is 6.20. The molecule has 2 heterocycles. The quantitative estimate of drug-likeness (QED) is 0.738. The summed E-state index contributed by atoms with van der Waals surface area (Å²) in [6.07, 6.45) is 1.67. The SMILES string of the molecule is COc1cc(C#N)ccc1OCc1cc(=O)n2ccccc2n1. The highest BCUT2D eigenvalue weighted by Gasteiger charge is 2.08. The molecule has 2 aromatic heterocycles. The smallest absolute Gasteiger partial charge is 0.258 e. The second-order valence-electron chi connectivity index (χ2n) is 4.78. The van der Waals surface area contributed by atoms with Crippen LogP contribution in [-0.4, -0.2) is 16.5 Å². The lowest BCUT2D eigenvalue weighted by atomic mass is 10.2. The topological polar surface area (TPSA) is 76.6 Å². The van der Waals surface area contributed by atoms with Crippen LogP contribution < -0.4 is 15.0 Å². The number of fused-ring (bicyclic) bond motifs is 1. The van der Waals surface area contributed by atoms with Crippen LogP contribution in [0.4, 0.5) is 0 Å². The van der Waals surface area contributed by atoms with Gasteiger partial charge in [0.15, 0.2) is 11.5 Å². The Balaban J connectivity index is 1.87. The molecule has 1 aromatic carbocycles. The van der Waals surface area contributed by atoms with Gasteiger partial charge < -0.3 is 9.47 Å². The fourth-order valence-electron chi connectivity index (χ4n) is 2.19. The van der Waals surface area contributed by atoms with Gasteiger partial charge >= 0.3 is 0 Å². The van der Waals surface area contributed by atoms with E-state index in [-0.39, 0.29) is 12.2 Å². The summed E-state index contributed by atoms with van der Waals surface area (Å²) in [5.74, 6) is 0.947. The van der Waals surface area contributed by atoms with Gasteiger partial charge in [-0.2, -0.15) is 5.26 Å². The number of hydrogen-bond acceptors (Lipinski definition) is 5. The Morgan fingerprint density at radius 3 is 2.87 bits per heavy atom. The molecule has 0 aliphatic heterocycles. The van der Waals surface area contributed by atoms with Crippen molar-refractivity contribution in [1.29, 1.82) is 5.26 Å². The fraction of sp³-hybridized carbons (Fsp3) is 0.118. The summed E-state index contributed by atoms with van der Waals surface area (Å²) < 4.78 is 12.3. The minimum absolute atomic E-state index is 0.128. The summed E-state index contributed by atoms with van der Waals surface area (Å²) in [7, 11) is 1.50. The second-order valence-corrected chi connectivity index (χ2v) is 4.78. The van der Waals surface area contributed by atoms with Gasteiger partial charge in [0.2, 0.25) is 0 Å². The van der Waals surface area contributed by atoms with E-state index >= 15 is 0 Å². The molecule has 0 radical (unpaired) electrons. The molecule has 6 heteroatoms. The van der Waals surface area contributed by atoms with Crippen LogP contribution in [0.2, 0.25) is 0 Å². The van der Waals surface area contributed by atoms with Gasteiger partial charge in [-0.15, -0.1) is 0 Å². The molecule has 0 fully saturated rings.